The molecule has 9 heteroatoms. The topological polar surface area (TPSA) is 76.9 Å². The molecule has 0 bridgehead atoms. The highest BCUT2D eigenvalue weighted by Gasteiger charge is 2.21. The second kappa shape index (κ2) is 9.06. The molecule has 1 N–H and O–H groups in total. The van der Waals surface area contributed by atoms with E-state index in [2.05, 4.69) is 9.71 Å². The number of halogens is 1. The average Bonchev–Trinajstić information content (AvgIpc) is 2.98. The van der Waals surface area contributed by atoms with Gasteiger partial charge in [0.05, 0.1) is 25.0 Å². The van der Waals surface area contributed by atoms with Crippen LogP contribution >= 0.6 is 11.8 Å². The van der Waals surface area contributed by atoms with Crippen LogP contribution in [0.1, 0.15) is 36.8 Å². The van der Waals surface area contributed by atoms with Gasteiger partial charge in [-0.3, -0.25) is 4.98 Å². The number of hydrogen-bond donors (Lipinski definition) is 1. The summed E-state index contributed by atoms with van der Waals surface area (Å²) >= 11 is 1.42. The van der Waals surface area contributed by atoms with Crippen LogP contribution in [0.5, 0.6) is 0 Å². The van der Waals surface area contributed by atoms with Gasteiger partial charge in [0.15, 0.2) is 0 Å². The van der Waals surface area contributed by atoms with E-state index in [0.717, 1.165) is 27.4 Å². The summed E-state index contributed by atoms with van der Waals surface area (Å²) < 4.78 is 41.5. The minimum absolute atomic E-state index is 0.0720. The van der Waals surface area contributed by atoms with Gasteiger partial charge in [-0.1, -0.05) is 37.7 Å². The maximum Gasteiger partial charge on any atom is 0.209 e. The molecule has 0 spiro atoms. The minimum atomic E-state index is -3.37. The van der Waals surface area contributed by atoms with Crippen LogP contribution in [0.15, 0.2) is 58.7 Å². The van der Waals surface area contributed by atoms with Crippen molar-refractivity contribution in [2.45, 2.75) is 42.8 Å². The van der Waals surface area contributed by atoms with Gasteiger partial charge in [-0.15, -0.1) is 0 Å². The Kier molecular flexibility index (Phi) is 6.71. The molecule has 0 aliphatic heterocycles. The summed E-state index contributed by atoms with van der Waals surface area (Å²) in [5.74, 6) is 0.401. The zero-order valence-electron chi connectivity index (χ0n) is 16.5. The lowest BCUT2D eigenvalue weighted by Gasteiger charge is -2.13. The van der Waals surface area contributed by atoms with Crippen molar-refractivity contribution in [1.29, 1.82) is 0 Å². The Morgan fingerprint density at radius 1 is 1.24 bits per heavy atom. The van der Waals surface area contributed by atoms with E-state index in [0.29, 0.717) is 12.4 Å². The predicted octanol–water partition coefficient (Wildman–Crippen LogP) is 3.79. The van der Waals surface area contributed by atoms with Crippen LogP contribution in [-0.2, 0) is 23.1 Å². The van der Waals surface area contributed by atoms with Crippen molar-refractivity contribution in [3.8, 4) is 0 Å². The van der Waals surface area contributed by atoms with Crippen LogP contribution in [0.4, 0.5) is 4.39 Å². The van der Waals surface area contributed by atoms with Crippen LogP contribution in [0.3, 0.4) is 0 Å². The smallest absolute Gasteiger partial charge is 0.209 e. The van der Waals surface area contributed by atoms with Gasteiger partial charge in [-0.25, -0.2) is 22.5 Å². The van der Waals surface area contributed by atoms with Crippen LogP contribution in [0.25, 0.3) is 0 Å². The van der Waals surface area contributed by atoms with Crippen molar-refractivity contribution in [3.05, 3.63) is 71.7 Å². The lowest BCUT2D eigenvalue weighted by Crippen LogP contribution is -2.23. The van der Waals surface area contributed by atoms with E-state index in [4.69, 9.17) is 4.98 Å². The normalized spacial score (nSPS) is 11.9. The van der Waals surface area contributed by atoms with E-state index in [1.807, 2.05) is 36.6 Å². The number of benzene rings is 1. The maximum atomic E-state index is 13.7. The third kappa shape index (κ3) is 5.88. The Balaban J connectivity index is 2.07. The lowest BCUT2D eigenvalue weighted by atomic mass is 10.1. The number of imidazole rings is 1. The highest BCUT2D eigenvalue weighted by atomic mass is 32.2. The Hall–Kier alpha value is -2.23. The number of rotatable bonds is 8. The SMILES string of the molecule is CC(C)c1nc(CNS(C)(=O)=O)n(Cc2cccnc2)c1Sc1cccc(F)c1. The zero-order chi connectivity index (χ0) is 21.0. The second-order valence-corrected chi connectivity index (χ2v) is 9.87. The molecule has 0 amide bonds. The zero-order valence-corrected chi connectivity index (χ0v) is 18.1. The molecule has 3 aromatic rings. The number of hydrogen-bond acceptors (Lipinski definition) is 5. The molecular weight excluding hydrogens is 411 g/mol. The van der Waals surface area contributed by atoms with E-state index in [9.17, 15) is 12.8 Å². The van der Waals surface area contributed by atoms with Crippen LogP contribution in [0.2, 0.25) is 0 Å². The predicted molar refractivity (Wildman–Crippen MR) is 112 cm³/mol. The number of nitrogens with zero attached hydrogens (tertiary/aromatic N) is 3. The van der Waals surface area contributed by atoms with Crippen LogP contribution < -0.4 is 4.72 Å². The molecule has 0 saturated carbocycles. The van der Waals surface area contributed by atoms with Crippen molar-refractivity contribution in [3.63, 3.8) is 0 Å². The van der Waals surface area contributed by atoms with E-state index >= 15 is 0 Å². The van der Waals surface area contributed by atoms with Crippen molar-refractivity contribution in [2.75, 3.05) is 6.26 Å². The Labute approximate surface area is 174 Å². The summed E-state index contributed by atoms with van der Waals surface area (Å²) in [4.78, 5) is 9.64. The van der Waals surface area contributed by atoms with Crippen molar-refractivity contribution >= 4 is 21.8 Å². The molecule has 1 aromatic carbocycles. The molecule has 0 fully saturated rings. The average molecular weight is 435 g/mol. The summed E-state index contributed by atoms with van der Waals surface area (Å²) in [5.41, 5.74) is 1.80. The van der Waals surface area contributed by atoms with Crippen molar-refractivity contribution < 1.29 is 12.8 Å². The molecule has 2 heterocycles. The van der Waals surface area contributed by atoms with E-state index in [1.54, 1.807) is 18.5 Å². The van der Waals surface area contributed by atoms with Gasteiger partial charge in [-0.05, 0) is 35.7 Å². The highest BCUT2D eigenvalue weighted by molar-refractivity contribution is 7.99. The Bertz CT molecular complexity index is 1080. The first-order valence-electron chi connectivity index (χ1n) is 9.09. The van der Waals surface area contributed by atoms with E-state index < -0.39 is 10.0 Å². The summed E-state index contributed by atoms with van der Waals surface area (Å²) in [6.45, 7) is 4.61. The van der Waals surface area contributed by atoms with Gasteiger partial charge in [0, 0.05) is 17.3 Å². The summed E-state index contributed by atoms with van der Waals surface area (Å²) in [7, 11) is -3.37. The number of sulfonamides is 1. The summed E-state index contributed by atoms with van der Waals surface area (Å²) in [6, 6.07) is 10.2. The van der Waals surface area contributed by atoms with Crippen LogP contribution in [-0.4, -0.2) is 29.2 Å². The number of aromatic nitrogens is 3. The molecule has 154 valence electrons. The lowest BCUT2D eigenvalue weighted by molar-refractivity contribution is 0.580. The first kappa shape index (κ1) is 21.5. The second-order valence-electron chi connectivity index (χ2n) is 6.97. The third-order valence-electron chi connectivity index (χ3n) is 4.14. The quantitative estimate of drug-likeness (QED) is 0.584. The summed E-state index contributed by atoms with van der Waals surface area (Å²) in [5, 5.41) is 0.861. The molecule has 6 nitrogen and oxygen atoms in total. The molecule has 0 radical (unpaired) electrons. The highest BCUT2D eigenvalue weighted by Crippen LogP contribution is 2.35. The fraction of sp³-hybridized carbons (Fsp3) is 0.300. The monoisotopic (exact) mass is 434 g/mol. The molecule has 0 aliphatic rings. The van der Waals surface area contributed by atoms with Gasteiger partial charge in [0.2, 0.25) is 10.0 Å². The fourth-order valence-electron chi connectivity index (χ4n) is 2.80. The van der Waals surface area contributed by atoms with Gasteiger partial charge < -0.3 is 4.57 Å². The van der Waals surface area contributed by atoms with Gasteiger partial charge >= 0.3 is 0 Å². The van der Waals surface area contributed by atoms with Crippen LogP contribution in [0, 0.1) is 5.82 Å². The first-order chi connectivity index (χ1) is 13.7. The molecule has 0 atom stereocenters. The minimum Gasteiger partial charge on any atom is -0.317 e. The van der Waals surface area contributed by atoms with Crippen molar-refractivity contribution in [2.24, 2.45) is 0 Å². The van der Waals surface area contributed by atoms with Gasteiger partial charge in [-0.2, -0.15) is 0 Å². The fourth-order valence-corrected chi connectivity index (χ4v) is 4.39. The number of nitrogens with one attached hydrogen (secondary N) is 1. The Morgan fingerprint density at radius 3 is 2.66 bits per heavy atom. The van der Waals surface area contributed by atoms with Crippen molar-refractivity contribution in [1.82, 2.24) is 19.3 Å². The van der Waals surface area contributed by atoms with E-state index in [1.165, 1.54) is 23.9 Å². The van der Waals surface area contributed by atoms with Gasteiger partial charge in [0.25, 0.3) is 0 Å². The molecule has 2 aromatic heterocycles. The number of pyridine rings is 1. The molecule has 0 aliphatic carbocycles. The first-order valence-corrected chi connectivity index (χ1v) is 11.8. The van der Waals surface area contributed by atoms with Gasteiger partial charge in [0.1, 0.15) is 16.7 Å². The maximum absolute atomic E-state index is 13.7. The summed E-state index contributed by atoms with van der Waals surface area (Å²) in [6.07, 6.45) is 4.58. The molecule has 29 heavy (non-hydrogen) atoms. The molecule has 3 rings (SSSR count). The van der Waals surface area contributed by atoms with E-state index in [-0.39, 0.29) is 18.3 Å². The Morgan fingerprint density at radius 2 is 2.03 bits per heavy atom. The largest absolute Gasteiger partial charge is 0.317 e. The molecule has 0 unspecified atom stereocenters. The standard InChI is InChI=1S/C20H23FN4O2S2/c1-14(2)19-20(28-17-8-4-7-16(21)10-17)25(13-15-6-5-9-22-11-15)18(24-19)12-23-29(3,26)27/h4-11,14,23H,12-13H2,1-3H3. The molecular formula is C20H23FN4O2S2. The molecule has 0 saturated heterocycles. The third-order valence-corrected chi connectivity index (χ3v) is 5.92.